The Morgan fingerprint density at radius 1 is 1.32 bits per heavy atom. The Hall–Kier alpha value is -1.30. The summed E-state index contributed by atoms with van der Waals surface area (Å²) in [7, 11) is 0. The number of hydrogen-bond donors (Lipinski definition) is 0. The first-order chi connectivity index (χ1) is 10.1. The van der Waals surface area contributed by atoms with Gasteiger partial charge < -0.3 is 14.2 Å². The van der Waals surface area contributed by atoms with Crippen molar-refractivity contribution in [2.24, 2.45) is 0 Å². The van der Waals surface area contributed by atoms with Crippen LogP contribution in [-0.2, 0) is 19.0 Å². The van der Waals surface area contributed by atoms with Gasteiger partial charge in [0.05, 0.1) is 19.3 Å². The normalized spacial score (nSPS) is 20.8. The highest BCUT2D eigenvalue weighted by Gasteiger charge is 2.45. The second-order valence-corrected chi connectivity index (χ2v) is 6.96. The monoisotopic (exact) mass is 315 g/mol. The quantitative estimate of drug-likeness (QED) is 0.729. The lowest BCUT2D eigenvalue weighted by molar-refractivity contribution is -0.143. The Morgan fingerprint density at radius 3 is 2.50 bits per heavy atom. The second-order valence-electron chi connectivity index (χ2n) is 6.96. The first-order valence-corrected chi connectivity index (χ1v) is 7.88. The molecular formula is C16H29NO5. The van der Waals surface area contributed by atoms with Gasteiger partial charge in [0, 0.05) is 6.42 Å². The van der Waals surface area contributed by atoms with Gasteiger partial charge in [-0.1, -0.05) is 0 Å². The molecule has 0 radical (unpaired) electrons. The number of rotatable bonds is 5. The van der Waals surface area contributed by atoms with Crippen molar-refractivity contribution in [1.29, 1.82) is 0 Å². The highest BCUT2D eigenvalue weighted by atomic mass is 16.6. The molecular weight excluding hydrogens is 286 g/mol. The number of carbonyl (C=O) groups excluding carboxylic acids is 2. The van der Waals surface area contributed by atoms with E-state index in [0.29, 0.717) is 32.5 Å². The van der Waals surface area contributed by atoms with Crippen LogP contribution in [0.15, 0.2) is 0 Å². The minimum Gasteiger partial charge on any atom is -0.466 e. The average Bonchev–Trinajstić information content (AvgIpc) is 2.62. The van der Waals surface area contributed by atoms with Crippen LogP contribution in [-0.4, -0.2) is 47.5 Å². The van der Waals surface area contributed by atoms with Crippen LogP contribution < -0.4 is 0 Å². The molecule has 1 rings (SSSR count). The van der Waals surface area contributed by atoms with Gasteiger partial charge in [-0.2, -0.15) is 0 Å². The van der Waals surface area contributed by atoms with Gasteiger partial charge >= 0.3 is 12.1 Å². The van der Waals surface area contributed by atoms with E-state index < -0.39 is 11.3 Å². The van der Waals surface area contributed by atoms with Gasteiger partial charge in [-0.25, -0.2) is 4.79 Å². The zero-order valence-corrected chi connectivity index (χ0v) is 14.6. The van der Waals surface area contributed by atoms with Crippen LogP contribution in [0.1, 0.15) is 60.8 Å². The van der Waals surface area contributed by atoms with E-state index in [-0.39, 0.29) is 18.1 Å². The highest BCUT2D eigenvalue weighted by Crippen LogP contribution is 2.31. The molecule has 6 heteroatoms. The summed E-state index contributed by atoms with van der Waals surface area (Å²) < 4.78 is 16.1. The largest absolute Gasteiger partial charge is 0.466 e. The first kappa shape index (κ1) is 18.7. The molecule has 6 nitrogen and oxygen atoms in total. The van der Waals surface area contributed by atoms with Crippen LogP contribution in [0.3, 0.4) is 0 Å². The Bertz CT molecular complexity index is 400. The number of hydrogen-bond acceptors (Lipinski definition) is 5. The fraction of sp³-hybridized carbons (Fsp3) is 0.875. The molecule has 128 valence electrons. The molecule has 0 aliphatic carbocycles. The van der Waals surface area contributed by atoms with E-state index in [9.17, 15) is 9.59 Å². The van der Waals surface area contributed by atoms with E-state index in [2.05, 4.69) is 0 Å². The summed E-state index contributed by atoms with van der Waals surface area (Å²) in [5, 5.41) is 0. The molecule has 0 aromatic heterocycles. The van der Waals surface area contributed by atoms with Crippen LogP contribution in [0.5, 0.6) is 0 Å². The van der Waals surface area contributed by atoms with Crippen molar-refractivity contribution in [3.63, 3.8) is 0 Å². The third kappa shape index (κ3) is 5.48. The minimum absolute atomic E-state index is 0.0840. The van der Waals surface area contributed by atoms with Gasteiger partial charge in [0.1, 0.15) is 11.3 Å². The van der Waals surface area contributed by atoms with Gasteiger partial charge in [0.15, 0.2) is 0 Å². The molecule has 22 heavy (non-hydrogen) atoms. The van der Waals surface area contributed by atoms with Crippen molar-refractivity contribution >= 4 is 12.1 Å². The fourth-order valence-electron chi connectivity index (χ4n) is 2.49. The number of ether oxygens (including phenoxy) is 3. The van der Waals surface area contributed by atoms with E-state index in [4.69, 9.17) is 14.2 Å². The molecule has 0 unspecified atom stereocenters. The summed E-state index contributed by atoms with van der Waals surface area (Å²) in [5.41, 5.74) is -1.25. The van der Waals surface area contributed by atoms with Crippen LogP contribution in [0, 0.1) is 0 Å². The molecule has 0 spiro atoms. The van der Waals surface area contributed by atoms with Gasteiger partial charge in [0.2, 0.25) is 0 Å². The molecule has 0 aromatic carbocycles. The van der Waals surface area contributed by atoms with Crippen LogP contribution >= 0.6 is 0 Å². The third-order valence-electron chi connectivity index (χ3n) is 3.39. The molecule has 1 heterocycles. The van der Waals surface area contributed by atoms with E-state index in [1.54, 1.807) is 11.8 Å². The van der Waals surface area contributed by atoms with Crippen LogP contribution in [0.25, 0.3) is 0 Å². The van der Waals surface area contributed by atoms with Crippen molar-refractivity contribution in [2.75, 3.05) is 13.2 Å². The first-order valence-electron chi connectivity index (χ1n) is 7.88. The SMILES string of the molecule is CCOC(=O)CCC[C@H]1COC(C)(C)N1C(=O)OC(C)(C)C. The van der Waals surface area contributed by atoms with Crippen molar-refractivity contribution in [1.82, 2.24) is 4.90 Å². The zero-order chi connectivity index (χ0) is 17.0. The number of esters is 1. The summed E-state index contributed by atoms with van der Waals surface area (Å²) in [6.07, 6.45) is 1.31. The van der Waals surface area contributed by atoms with Crippen molar-refractivity contribution in [2.45, 2.75) is 78.2 Å². The maximum Gasteiger partial charge on any atom is 0.412 e. The molecule has 1 aliphatic rings. The Labute approximate surface area is 133 Å². The second kappa shape index (κ2) is 7.31. The molecule has 0 N–H and O–H groups in total. The summed E-state index contributed by atoms with van der Waals surface area (Å²) in [6, 6.07) is -0.0840. The molecule has 1 saturated heterocycles. The summed E-state index contributed by atoms with van der Waals surface area (Å²) >= 11 is 0. The molecule has 1 atom stereocenters. The maximum absolute atomic E-state index is 12.4. The van der Waals surface area contributed by atoms with E-state index in [0.717, 1.165) is 0 Å². The summed E-state index contributed by atoms with van der Waals surface area (Å²) in [5.74, 6) is -0.204. The number of nitrogens with zero attached hydrogens (tertiary/aromatic N) is 1. The smallest absolute Gasteiger partial charge is 0.412 e. The third-order valence-corrected chi connectivity index (χ3v) is 3.39. The summed E-state index contributed by atoms with van der Waals surface area (Å²) in [6.45, 7) is 11.8. The predicted octanol–water partition coefficient (Wildman–Crippen LogP) is 3.09. The minimum atomic E-state index is -0.697. The number of amides is 1. The Kier molecular flexibility index (Phi) is 6.23. The van der Waals surface area contributed by atoms with Crippen molar-refractivity contribution < 1.29 is 23.8 Å². The lowest BCUT2D eigenvalue weighted by Crippen LogP contribution is -2.49. The van der Waals surface area contributed by atoms with Crippen LogP contribution in [0.2, 0.25) is 0 Å². The van der Waals surface area contributed by atoms with Gasteiger partial charge in [-0.3, -0.25) is 9.69 Å². The van der Waals surface area contributed by atoms with E-state index in [1.807, 2.05) is 34.6 Å². The molecule has 1 amide bonds. The molecule has 1 aliphatic heterocycles. The average molecular weight is 315 g/mol. The van der Waals surface area contributed by atoms with Crippen molar-refractivity contribution in [3.8, 4) is 0 Å². The Balaban J connectivity index is 2.61. The van der Waals surface area contributed by atoms with Crippen LogP contribution in [0.4, 0.5) is 4.79 Å². The maximum atomic E-state index is 12.4. The lowest BCUT2D eigenvalue weighted by Gasteiger charge is -2.35. The molecule has 0 saturated carbocycles. The lowest BCUT2D eigenvalue weighted by atomic mass is 10.1. The van der Waals surface area contributed by atoms with E-state index in [1.165, 1.54) is 0 Å². The van der Waals surface area contributed by atoms with Gasteiger partial charge in [0.25, 0.3) is 0 Å². The van der Waals surface area contributed by atoms with Gasteiger partial charge in [-0.15, -0.1) is 0 Å². The number of carbonyl (C=O) groups is 2. The fourth-order valence-corrected chi connectivity index (χ4v) is 2.49. The topological polar surface area (TPSA) is 65.1 Å². The molecule has 0 aromatic rings. The van der Waals surface area contributed by atoms with E-state index >= 15 is 0 Å². The highest BCUT2D eigenvalue weighted by molar-refractivity contribution is 5.70. The molecule has 0 bridgehead atoms. The standard InChI is InChI=1S/C16H29NO5/c1-7-20-13(18)10-8-9-12-11-21-16(5,6)17(12)14(19)22-15(2,3)4/h12H,7-11H2,1-6H3/t12-/m0/s1. The summed E-state index contributed by atoms with van der Waals surface area (Å²) in [4.78, 5) is 25.4. The molecule has 1 fully saturated rings. The van der Waals surface area contributed by atoms with Gasteiger partial charge in [-0.05, 0) is 54.4 Å². The Morgan fingerprint density at radius 2 is 1.95 bits per heavy atom. The zero-order valence-electron chi connectivity index (χ0n) is 14.6. The predicted molar refractivity (Wildman–Crippen MR) is 82.4 cm³/mol. The van der Waals surface area contributed by atoms with Crippen molar-refractivity contribution in [3.05, 3.63) is 0 Å².